The molecule has 0 spiro atoms. The van der Waals surface area contributed by atoms with Crippen molar-refractivity contribution >= 4 is 17.3 Å². The Bertz CT molecular complexity index is 760. The highest BCUT2D eigenvalue weighted by molar-refractivity contribution is 5.80. The largest absolute Gasteiger partial charge is 0.459 e. The van der Waals surface area contributed by atoms with Gasteiger partial charge in [0.1, 0.15) is 18.5 Å². The summed E-state index contributed by atoms with van der Waals surface area (Å²) in [5.41, 5.74) is 1.15. The van der Waals surface area contributed by atoms with Gasteiger partial charge < -0.3 is 9.64 Å². The number of halogens is 1. The van der Waals surface area contributed by atoms with Crippen molar-refractivity contribution in [3.05, 3.63) is 60.4 Å². The van der Waals surface area contributed by atoms with E-state index in [0.29, 0.717) is 11.6 Å². The van der Waals surface area contributed by atoms with Crippen LogP contribution in [0.15, 0.2) is 54.6 Å². The van der Waals surface area contributed by atoms with Crippen molar-refractivity contribution < 1.29 is 13.9 Å². The molecule has 0 amide bonds. The van der Waals surface area contributed by atoms with Crippen molar-refractivity contribution in [1.82, 2.24) is 4.90 Å². The molecule has 3 fully saturated rings. The highest BCUT2D eigenvalue weighted by Gasteiger charge is 2.36. The molecule has 0 radical (unpaired) electrons. The molecule has 26 heavy (non-hydrogen) atoms. The molecule has 2 aromatic carbocycles. The molecule has 0 N–H and O–H groups in total. The van der Waals surface area contributed by atoms with Crippen LogP contribution in [0.1, 0.15) is 12.8 Å². The molecular weight excluding hydrogens is 331 g/mol. The van der Waals surface area contributed by atoms with Gasteiger partial charge in [-0.2, -0.15) is 0 Å². The maximum absolute atomic E-state index is 14.4. The van der Waals surface area contributed by atoms with E-state index in [2.05, 4.69) is 4.90 Å². The summed E-state index contributed by atoms with van der Waals surface area (Å²) < 4.78 is 20.2. The van der Waals surface area contributed by atoms with Gasteiger partial charge in [-0.05, 0) is 56.1 Å². The first-order valence-electron chi connectivity index (χ1n) is 9.19. The normalized spacial score (nSPS) is 24.3. The van der Waals surface area contributed by atoms with Crippen LogP contribution in [0.25, 0.3) is 0 Å². The number of nitrogens with zero attached hydrogens (tertiary/aromatic N) is 2. The zero-order valence-electron chi connectivity index (χ0n) is 14.7. The van der Waals surface area contributed by atoms with Gasteiger partial charge in [-0.25, -0.2) is 4.39 Å². The van der Waals surface area contributed by atoms with E-state index in [4.69, 9.17) is 4.74 Å². The van der Waals surface area contributed by atoms with E-state index in [-0.39, 0.29) is 24.4 Å². The molecule has 136 valence electrons. The molecule has 2 aromatic rings. The lowest BCUT2D eigenvalue weighted by Crippen LogP contribution is -2.52. The van der Waals surface area contributed by atoms with E-state index in [1.54, 1.807) is 23.1 Å². The van der Waals surface area contributed by atoms with E-state index in [1.807, 2.05) is 30.3 Å². The zero-order chi connectivity index (χ0) is 17.9. The second-order valence-electron chi connectivity index (χ2n) is 7.04. The number of carbonyl (C=O) groups excluding carboxylic acids is 1. The minimum atomic E-state index is -0.355. The fourth-order valence-corrected chi connectivity index (χ4v) is 3.97. The van der Waals surface area contributed by atoms with Gasteiger partial charge in [0.15, 0.2) is 0 Å². The summed E-state index contributed by atoms with van der Waals surface area (Å²) in [5, 5.41) is 0. The Kier molecular flexibility index (Phi) is 4.89. The molecule has 5 heteroatoms. The Morgan fingerprint density at radius 2 is 1.77 bits per heavy atom. The Labute approximate surface area is 153 Å². The molecule has 2 bridgehead atoms. The minimum absolute atomic E-state index is 0.00579. The Morgan fingerprint density at radius 3 is 2.42 bits per heavy atom. The second kappa shape index (κ2) is 7.46. The minimum Gasteiger partial charge on any atom is -0.459 e. The van der Waals surface area contributed by atoms with Crippen LogP contribution in [0, 0.1) is 11.7 Å². The molecule has 3 heterocycles. The molecule has 0 aliphatic carbocycles. The third-order valence-corrected chi connectivity index (χ3v) is 5.38. The first kappa shape index (κ1) is 17.0. The fourth-order valence-electron chi connectivity index (χ4n) is 3.97. The summed E-state index contributed by atoms with van der Waals surface area (Å²) in [4.78, 5) is 16.7. The maximum atomic E-state index is 14.4. The van der Waals surface area contributed by atoms with Crippen LogP contribution in [0.3, 0.4) is 0 Å². The lowest BCUT2D eigenvalue weighted by molar-refractivity contribution is -0.156. The summed E-state index contributed by atoms with van der Waals surface area (Å²) in [6.45, 7) is 3.02. The van der Waals surface area contributed by atoms with Gasteiger partial charge in [0.05, 0.1) is 5.69 Å². The van der Waals surface area contributed by atoms with Crippen molar-refractivity contribution in [3.8, 4) is 0 Å². The van der Waals surface area contributed by atoms with E-state index >= 15 is 0 Å². The monoisotopic (exact) mass is 354 g/mol. The zero-order valence-corrected chi connectivity index (χ0v) is 14.7. The number of fused-ring (bicyclic) bond motifs is 3. The van der Waals surface area contributed by atoms with Gasteiger partial charge in [-0.15, -0.1) is 0 Å². The number of benzene rings is 2. The number of ether oxygens (including phenoxy) is 1. The van der Waals surface area contributed by atoms with Crippen LogP contribution < -0.4 is 4.90 Å². The Balaban J connectivity index is 1.51. The number of esters is 1. The number of piperidine rings is 3. The second-order valence-corrected chi connectivity index (χ2v) is 7.04. The van der Waals surface area contributed by atoms with E-state index in [9.17, 15) is 9.18 Å². The van der Waals surface area contributed by atoms with Crippen molar-refractivity contribution in [3.63, 3.8) is 0 Å². The quantitative estimate of drug-likeness (QED) is 0.768. The average Bonchev–Trinajstić information content (AvgIpc) is 2.68. The van der Waals surface area contributed by atoms with Crippen molar-refractivity contribution in [1.29, 1.82) is 0 Å². The summed E-state index contributed by atoms with van der Waals surface area (Å²) >= 11 is 0. The molecule has 1 atom stereocenters. The van der Waals surface area contributed by atoms with Crippen LogP contribution in [0.2, 0.25) is 0 Å². The number of rotatable bonds is 5. The summed E-state index contributed by atoms with van der Waals surface area (Å²) in [5.74, 6) is -0.203. The predicted octanol–water partition coefficient (Wildman–Crippen LogP) is 3.60. The molecule has 3 aliphatic rings. The third-order valence-electron chi connectivity index (χ3n) is 5.38. The summed E-state index contributed by atoms with van der Waals surface area (Å²) in [6, 6.07) is 15.9. The molecule has 0 unspecified atom stereocenters. The topological polar surface area (TPSA) is 32.8 Å². The van der Waals surface area contributed by atoms with Crippen LogP contribution in [0.5, 0.6) is 0 Å². The van der Waals surface area contributed by atoms with Crippen molar-refractivity contribution in [2.75, 3.05) is 31.1 Å². The van der Waals surface area contributed by atoms with E-state index in [1.165, 1.54) is 6.07 Å². The average molecular weight is 354 g/mol. The molecule has 0 aromatic heterocycles. The fraction of sp³-hybridized carbons (Fsp3) is 0.381. The predicted molar refractivity (Wildman–Crippen MR) is 98.9 cm³/mol. The SMILES string of the molecule is O=C(CN(c1ccccc1)c1ccccc1F)O[C@H]1CN2CCC1CC2. The highest BCUT2D eigenvalue weighted by atomic mass is 19.1. The maximum Gasteiger partial charge on any atom is 0.326 e. The van der Waals surface area contributed by atoms with Gasteiger partial charge in [0, 0.05) is 12.2 Å². The number of hydrogen-bond acceptors (Lipinski definition) is 4. The summed E-state index contributed by atoms with van der Waals surface area (Å²) in [7, 11) is 0. The number of anilines is 2. The lowest BCUT2D eigenvalue weighted by atomic mass is 9.86. The van der Waals surface area contributed by atoms with Gasteiger partial charge in [0.2, 0.25) is 0 Å². The van der Waals surface area contributed by atoms with E-state index < -0.39 is 0 Å². The highest BCUT2D eigenvalue weighted by Crippen LogP contribution is 2.31. The molecular formula is C21H23FN2O2. The standard InChI is InChI=1S/C21H23FN2O2/c22-18-8-4-5-9-19(18)24(17-6-2-1-3-7-17)15-21(25)26-20-14-23-12-10-16(20)11-13-23/h1-9,16,20H,10-15H2/t20-/m0/s1. The number of hydrogen-bond donors (Lipinski definition) is 0. The molecule has 3 saturated heterocycles. The third kappa shape index (κ3) is 3.58. The van der Waals surface area contributed by atoms with Gasteiger partial charge in [0.25, 0.3) is 0 Å². The molecule has 3 aliphatic heterocycles. The molecule has 4 nitrogen and oxygen atoms in total. The molecule has 0 saturated carbocycles. The number of para-hydroxylation sites is 2. The van der Waals surface area contributed by atoms with Crippen LogP contribution >= 0.6 is 0 Å². The Hall–Kier alpha value is -2.40. The van der Waals surface area contributed by atoms with Gasteiger partial charge in [-0.3, -0.25) is 9.69 Å². The number of carbonyl (C=O) groups is 1. The first-order valence-corrected chi connectivity index (χ1v) is 9.19. The van der Waals surface area contributed by atoms with Crippen LogP contribution in [0.4, 0.5) is 15.8 Å². The van der Waals surface area contributed by atoms with Crippen molar-refractivity contribution in [2.24, 2.45) is 5.92 Å². The van der Waals surface area contributed by atoms with E-state index in [0.717, 1.165) is 38.2 Å². The van der Waals surface area contributed by atoms with Crippen molar-refractivity contribution in [2.45, 2.75) is 18.9 Å². The smallest absolute Gasteiger partial charge is 0.326 e. The Morgan fingerprint density at radius 1 is 1.08 bits per heavy atom. The van der Waals surface area contributed by atoms with Crippen LogP contribution in [-0.2, 0) is 9.53 Å². The van der Waals surface area contributed by atoms with Gasteiger partial charge >= 0.3 is 5.97 Å². The molecule has 5 rings (SSSR count). The lowest BCUT2D eigenvalue weighted by Gasteiger charge is -2.44. The van der Waals surface area contributed by atoms with Crippen LogP contribution in [-0.4, -0.2) is 43.2 Å². The van der Waals surface area contributed by atoms with Gasteiger partial charge in [-0.1, -0.05) is 30.3 Å². The first-order chi connectivity index (χ1) is 12.7. The summed E-state index contributed by atoms with van der Waals surface area (Å²) in [6.07, 6.45) is 2.14.